The second-order valence-electron chi connectivity index (χ2n) is 8.17. The van der Waals surface area contributed by atoms with Crippen molar-refractivity contribution in [3.05, 3.63) is 41.9 Å². The van der Waals surface area contributed by atoms with E-state index in [1.54, 1.807) is 12.4 Å². The number of carbonyl (C=O) groups excluding carboxylic acids is 1. The van der Waals surface area contributed by atoms with Crippen molar-refractivity contribution in [1.29, 1.82) is 0 Å². The minimum atomic E-state index is -0.755. The van der Waals surface area contributed by atoms with Crippen molar-refractivity contribution in [2.45, 2.75) is 51.0 Å². The molecule has 0 spiro atoms. The maximum atomic E-state index is 13.0. The Bertz CT molecular complexity index is 809. The van der Waals surface area contributed by atoms with Crippen LogP contribution in [0.5, 0.6) is 5.75 Å². The Kier molecular flexibility index (Phi) is 5.35. The van der Waals surface area contributed by atoms with E-state index in [4.69, 9.17) is 13.9 Å². The second kappa shape index (κ2) is 7.91. The number of amides is 1. The molecule has 0 unspecified atom stereocenters. The quantitative estimate of drug-likeness (QED) is 0.786. The van der Waals surface area contributed by atoms with Crippen molar-refractivity contribution < 1.29 is 18.7 Å². The van der Waals surface area contributed by atoms with E-state index in [2.05, 4.69) is 15.3 Å². The normalized spacial score (nSPS) is 18.1. The van der Waals surface area contributed by atoms with Crippen LogP contribution in [0.3, 0.4) is 0 Å². The summed E-state index contributed by atoms with van der Waals surface area (Å²) < 4.78 is 16.8. The van der Waals surface area contributed by atoms with Crippen molar-refractivity contribution in [2.75, 3.05) is 19.8 Å². The number of pyridine rings is 1. The zero-order chi connectivity index (χ0) is 19.6. The van der Waals surface area contributed by atoms with Gasteiger partial charge >= 0.3 is 0 Å². The predicted octanol–water partition coefficient (Wildman–Crippen LogP) is 3.42. The SMILES string of the molecule is CC(C)(NC(=O)c1ncc(C2CCOCC2)cc1OCC1CC1)c1ncco1. The summed E-state index contributed by atoms with van der Waals surface area (Å²) in [6.07, 6.45) is 9.16. The second-order valence-corrected chi connectivity index (χ2v) is 8.17. The average molecular weight is 385 g/mol. The molecule has 1 saturated carbocycles. The Hall–Kier alpha value is -2.41. The summed E-state index contributed by atoms with van der Waals surface area (Å²) in [7, 11) is 0. The van der Waals surface area contributed by atoms with Gasteiger partial charge in [-0.3, -0.25) is 4.79 Å². The van der Waals surface area contributed by atoms with Crippen molar-refractivity contribution in [1.82, 2.24) is 15.3 Å². The summed E-state index contributed by atoms with van der Waals surface area (Å²) in [5.74, 6) is 1.68. The first-order valence-corrected chi connectivity index (χ1v) is 9.96. The number of hydrogen-bond donors (Lipinski definition) is 1. The summed E-state index contributed by atoms with van der Waals surface area (Å²) >= 11 is 0. The van der Waals surface area contributed by atoms with Gasteiger partial charge in [0.25, 0.3) is 5.91 Å². The van der Waals surface area contributed by atoms with Gasteiger partial charge in [-0.05, 0) is 63.0 Å². The number of aromatic nitrogens is 2. The molecule has 2 aliphatic rings. The van der Waals surface area contributed by atoms with Crippen LogP contribution in [0.4, 0.5) is 0 Å². The fourth-order valence-corrected chi connectivity index (χ4v) is 3.42. The van der Waals surface area contributed by atoms with E-state index in [1.165, 1.54) is 19.1 Å². The van der Waals surface area contributed by atoms with E-state index in [-0.39, 0.29) is 5.91 Å². The van der Waals surface area contributed by atoms with Crippen molar-refractivity contribution in [2.24, 2.45) is 5.92 Å². The molecular formula is C21H27N3O4. The van der Waals surface area contributed by atoms with E-state index in [9.17, 15) is 4.79 Å². The maximum Gasteiger partial charge on any atom is 0.274 e. The zero-order valence-corrected chi connectivity index (χ0v) is 16.4. The number of rotatable bonds is 7. The van der Waals surface area contributed by atoms with Gasteiger partial charge in [-0.15, -0.1) is 0 Å². The molecule has 1 saturated heterocycles. The zero-order valence-electron chi connectivity index (χ0n) is 16.4. The van der Waals surface area contributed by atoms with Gasteiger partial charge in [-0.25, -0.2) is 9.97 Å². The third-order valence-electron chi connectivity index (χ3n) is 5.35. The van der Waals surface area contributed by atoms with Gasteiger partial charge in [0.05, 0.1) is 12.8 Å². The van der Waals surface area contributed by atoms with Crippen LogP contribution < -0.4 is 10.1 Å². The lowest BCUT2D eigenvalue weighted by Crippen LogP contribution is -2.41. The molecule has 1 N–H and O–H groups in total. The van der Waals surface area contributed by atoms with Crippen LogP contribution in [0.2, 0.25) is 0 Å². The smallest absolute Gasteiger partial charge is 0.274 e. The molecule has 0 radical (unpaired) electrons. The Morgan fingerprint density at radius 3 is 2.71 bits per heavy atom. The molecule has 7 nitrogen and oxygen atoms in total. The Labute approximate surface area is 164 Å². The molecule has 1 amide bonds. The highest BCUT2D eigenvalue weighted by atomic mass is 16.5. The molecular weight excluding hydrogens is 358 g/mol. The Morgan fingerprint density at radius 1 is 1.25 bits per heavy atom. The molecule has 2 fully saturated rings. The predicted molar refractivity (Wildman–Crippen MR) is 102 cm³/mol. The van der Waals surface area contributed by atoms with Crippen LogP contribution >= 0.6 is 0 Å². The number of ether oxygens (including phenoxy) is 2. The third kappa shape index (κ3) is 4.35. The van der Waals surface area contributed by atoms with E-state index in [0.29, 0.717) is 35.8 Å². The van der Waals surface area contributed by atoms with Gasteiger partial charge in [0.1, 0.15) is 11.8 Å². The van der Waals surface area contributed by atoms with Crippen LogP contribution in [-0.4, -0.2) is 35.7 Å². The lowest BCUT2D eigenvalue weighted by atomic mass is 9.92. The Balaban J connectivity index is 1.55. The number of nitrogens with one attached hydrogen (secondary N) is 1. The fourth-order valence-electron chi connectivity index (χ4n) is 3.42. The van der Waals surface area contributed by atoms with Gasteiger partial charge in [-0.2, -0.15) is 0 Å². The monoisotopic (exact) mass is 385 g/mol. The molecule has 0 aromatic carbocycles. The minimum Gasteiger partial charge on any atom is -0.491 e. The largest absolute Gasteiger partial charge is 0.491 e. The molecule has 28 heavy (non-hydrogen) atoms. The molecule has 1 aliphatic carbocycles. The first kappa shape index (κ1) is 18.9. The molecule has 0 bridgehead atoms. The highest BCUT2D eigenvalue weighted by Crippen LogP contribution is 2.33. The van der Waals surface area contributed by atoms with Crippen LogP contribution in [0.25, 0.3) is 0 Å². The standard InChI is InChI=1S/C21H27N3O4/c1-21(2,20-22-7-10-27-20)24-19(25)18-17(28-13-14-3-4-14)11-16(12-23-18)15-5-8-26-9-6-15/h7,10-12,14-15H,3-6,8-9,13H2,1-2H3,(H,24,25). The van der Waals surface area contributed by atoms with Crippen molar-refractivity contribution in [3.8, 4) is 5.75 Å². The molecule has 2 aromatic rings. The highest BCUT2D eigenvalue weighted by molar-refractivity contribution is 5.95. The molecule has 2 aromatic heterocycles. The first-order valence-electron chi connectivity index (χ1n) is 9.96. The lowest BCUT2D eigenvalue weighted by Gasteiger charge is -2.24. The van der Waals surface area contributed by atoms with Gasteiger partial charge in [0.15, 0.2) is 11.4 Å². The summed E-state index contributed by atoms with van der Waals surface area (Å²) in [5, 5.41) is 2.96. The summed E-state index contributed by atoms with van der Waals surface area (Å²) in [6, 6.07) is 1.98. The third-order valence-corrected chi connectivity index (χ3v) is 5.35. The van der Waals surface area contributed by atoms with Gasteiger partial charge < -0.3 is 19.2 Å². The molecule has 7 heteroatoms. The van der Waals surface area contributed by atoms with E-state index < -0.39 is 5.54 Å². The molecule has 3 heterocycles. The summed E-state index contributed by atoms with van der Waals surface area (Å²) in [6.45, 7) is 5.84. The topological polar surface area (TPSA) is 86.5 Å². The number of carbonyl (C=O) groups is 1. The maximum absolute atomic E-state index is 13.0. The van der Waals surface area contributed by atoms with Crippen LogP contribution in [-0.2, 0) is 10.3 Å². The molecule has 1 aliphatic heterocycles. The van der Waals surface area contributed by atoms with Gasteiger partial charge in [-0.1, -0.05) is 0 Å². The van der Waals surface area contributed by atoms with Gasteiger partial charge in [0, 0.05) is 19.4 Å². The lowest BCUT2D eigenvalue weighted by molar-refractivity contribution is 0.0848. The summed E-state index contributed by atoms with van der Waals surface area (Å²) in [4.78, 5) is 21.6. The molecule has 0 atom stereocenters. The summed E-state index contributed by atoms with van der Waals surface area (Å²) in [5.41, 5.74) is 0.656. The number of hydrogen-bond acceptors (Lipinski definition) is 6. The van der Waals surface area contributed by atoms with Gasteiger partial charge in [0.2, 0.25) is 5.89 Å². The van der Waals surface area contributed by atoms with Crippen molar-refractivity contribution in [3.63, 3.8) is 0 Å². The number of nitrogens with zero attached hydrogens (tertiary/aromatic N) is 2. The van der Waals surface area contributed by atoms with Crippen LogP contribution in [0.1, 0.15) is 67.4 Å². The van der Waals surface area contributed by atoms with Crippen LogP contribution in [0.15, 0.2) is 29.1 Å². The first-order chi connectivity index (χ1) is 13.5. The highest BCUT2D eigenvalue weighted by Gasteiger charge is 2.31. The van der Waals surface area contributed by atoms with Crippen molar-refractivity contribution >= 4 is 5.91 Å². The average Bonchev–Trinajstić information content (AvgIpc) is 3.35. The fraction of sp³-hybridized carbons (Fsp3) is 0.571. The Morgan fingerprint density at radius 2 is 2.04 bits per heavy atom. The molecule has 150 valence electrons. The van der Waals surface area contributed by atoms with E-state index >= 15 is 0 Å². The number of oxazole rings is 1. The van der Waals surface area contributed by atoms with E-state index in [0.717, 1.165) is 31.6 Å². The van der Waals surface area contributed by atoms with E-state index in [1.807, 2.05) is 19.9 Å². The molecule has 4 rings (SSSR count). The minimum absolute atomic E-state index is 0.299. The van der Waals surface area contributed by atoms with Crippen LogP contribution in [0, 0.1) is 5.92 Å².